The van der Waals surface area contributed by atoms with Crippen LogP contribution >= 0.6 is 15.9 Å². The Kier molecular flexibility index (Phi) is 3.25. The predicted molar refractivity (Wildman–Crippen MR) is 57.6 cm³/mol. The highest BCUT2D eigenvalue weighted by molar-refractivity contribution is 9.10. The maximum atomic E-state index is 13.4. The van der Waals surface area contributed by atoms with Gasteiger partial charge in [0.25, 0.3) is 0 Å². The van der Waals surface area contributed by atoms with E-state index in [4.69, 9.17) is 4.74 Å². The zero-order valence-corrected chi connectivity index (χ0v) is 10.2. The number of halogens is 2. The molecular weight excluding hydrogens is 267 g/mol. The molecule has 2 N–H and O–H groups in total. The van der Waals surface area contributed by atoms with E-state index in [-0.39, 0.29) is 21.5 Å². The van der Waals surface area contributed by atoms with E-state index in [1.54, 1.807) is 0 Å². The van der Waals surface area contributed by atoms with Crippen molar-refractivity contribution in [1.82, 2.24) is 0 Å². The highest BCUT2D eigenvalue weighted by atomic mass is 79.9. The van der Waals surface area contributed by atoms with Gasteiger partial charge in [-0.2, -0.15) is 0 Å². The van der Waals surface area contributed by atoms with Crippen LogP contribution in [0.25, 0.3) is 0 Å². The monoisotopic (exact) mass is 278 g/mol. The van der Waals surface area contributed by atoms with Gasteiger partial charge in [-0.15, -0.1) is 0 Å². The largest absolute Gasteiger partial charge is 0.504 e. The molecule has 0 fully saturated rings. The first kappa shape index (κ1) is 12.3. The molecule has 0 heterocycles. The van der Waals surface area contributed by atoms with Gasteiger partial charge in [-0.25, -0.2) is 4.39 Å². The van der Waals surface area contributed by atoms with Gasteiger partial charge in [0.1, 0.15) is 0 Å². The number of hydrogen-bond donors (Lipinski definition) is 2. The Balaban J connectivity index is 3.51. The zero-order chi connectivity index (χ0) is 11.8. The standard InChI is InChI=1S/C10H12BrFO3/c1-10(2,14)5-4-6(11)7(12)9(15-3)8(5)13/h4,13-14H,1-3H3. The summed E-state index contributed by atoms with van der Waals surface area (Å²) in [6, 6.07) is 1.33. The van der Waals surface area contributed by atoms with Crippen LogP contribution in [0, 0.1) is 5.82 Å². The molecule has 1 aromatic carbocycles. The molecule has 0 spiro atoms. The summed E-state index contributed by atoms with van der Waals surface area (Å²) in [5, 5.41) is 19.4. The minimum absolute atomic E-state index is 0.134. The third kappa shape index (κ3) is 2.23. The number of phenols is 1. The van der Waals surface area contributed by atoms with E-state index in [1.807, 2.05) is 0 Å². The number of benzene rings is 1. The van der Waals surface area contributed by atoms with Crippen LogP contribution in [0.4, 0.5) is 4.39 Å². The molecule has 84 valence electrons. The molecule has 15 heavy (non-hydrogen) atoms. The lowest BCUT2D eigenvalue weighted by molar-refractivity contribution is 0.0750. The molecule has 0 aliphatic rings. The highest BCUT2D eigenvalue weighted by Crippen LogP contribution is 2.41. The molecule has 0 bridgehead atoms. The fourth-order valence-electron chi connectivity index (χ4n) is 1.25. The van der Waals surface area contributed by atoms with Crippen LogP contribution in [0.5, 0.6) is 11.5 Å². The van der Waals surface area contributed by atoms with Crippen molar-refractivity contribution in [2.24, 2.45) is 0 Å². The maximum absolute atomic E-state index is 13.4. The van der Waals surface area contributed by atoms with Crippen LogP contribution in [-0.2, 0) is 5.60 Å². The van der Waals surface area contributed by atoms with Gasteiger partial charge < -0.3 is 14.9 Å². The molecule has 0 amide bonds. The second kappa shape index (κ2) is 3.98. The van der Waals surface area contributed by atoms with Crippen molar-refractivity contribution in [3.05, 3.63) is 21.9 Å². The number of phenolic OH excluding ortho intramolecular Hbond substituents is 1. The highest BCUT2D eigenvalue weighted by Gasteiger charge is 2.26. The Labute approximate surface area is 95.6 Å². The van der Waals surface area contributed by atoms with Gasteiger partial charge in [0, 0.05) is 5.56 Å². The van der Waals surface area contributed by atoms with Crippen molar-refractivity contribution in [2.75, 3.05) is 7.11 Å². The van der Waals surface area contributed by atoms with Crippen molar-refractivity contribution in [1.29, 1.82) is 0 Å². The zero-order valence-electron chi connectivity index (χ0n) is 8.64. The van der Waals surface area contributed by atoms with Crippen LogP contribution in [0.2, 0.25) is 0 Å². The van der Waals surface area contributed by atoms with Crippen LogP contribution < -0.4 is 4.74 Å². The minimum Gasteiger partial charge on any atom is -0.504 e. The number of aliphatic hydroxyl groups is 1. The number of aromatic hydroxyl groups is 1. The lowest BCUT2D eigenvalue weighted by atomic mass is 9.97. The summed E-state index contributed by atoms with van der Waals surface area (Å²) in [6.45, 7) is 2.98. The first-order chi connectivity index (χ1) is 6.79. The summed E-state index contributed by atoms with van der Waals surface area (Å²) in [5.41, 5.74) is -1.07. The first-order valence-electron chi connectivity index (χ1n) is 4.26. The molecular formula is C10H12BrFO3. The Morgan fingerprint density at radius 2 is 2.00 bits per heavy atom. The lowest BCUT2D eigenvalue weighted by Gasteiger charge is -2.21. The van der Waals surface area contributed by atoms with Gasteiger partial charge >= 0.3 is 0 Å². The second-order valence-electron chi connectivity index (χ2n) is 3.66. The van der Waals surface area contributed by atoms with E-state index in [2.05, 4.69) is 15.9 Å². The van der Waals surface area contributed by atoms with Gasteiger partial charge in [-0.05, 0) is 35.8 Å². The van der Waals surface area contributed by atoms with Gasteiger partial charge in [-0.3, -0.25) is 0 Å². The van der Waals surface area contributed by atoms with Gasteiger partial charge in [0.05, 0.1) is 17.2 Å². The first-order valence-corrected chi connectivity index (χ1v) is 5.06. The molecule has 0 aromatic heterocycles. The summed E-state index contributed by atoms with van der Waals surface area (Å²) < 4.78 is 18.3. The van der Waals surface area contributed by atoms with Gasteiger partial charge in [0.15, 0.2) is 17.3 Å². The SMILES string of the molecule is COc1c(O)c(C(C)(C)O)cc(Br)c1F. The minimum atomic E-state index is -1.27. The summed E-state index contributed by atoms with van der Waals surface area (Å²) >= 11 is 2.99. The van der Waals surface area contributed by atoms with Crippen molar-refractivity contribution in [3.8, 4) is 11.5 Å². The van der Waals surface area contributed by atoms with Crippen LogP contribution in [0.15, 0.2) is 10.5 Å². The van der Waals surface area contributed by atoms with Crippen LogP contribution in [0.3, 0.4) is 0 Å². The molecule has 1 rings (SSSR count). The second-order valence-corrected chi connectivity index (χ2v) is 4.52. The number of hydrogen-bond acceptors (Lipinski definition) is 3. The van der Waals surface area contributed by atoms with Gasteiger partial charge in [0.2, 0.25) is 0 Å². The van der Waals surface area contributed by atoms with E-state index in [9.17, 15) is 14.6 Å². The van der Waals surface area contributed by atoms with Gasteiger partial charge in [-0.1, -0.05) is 0 Å². The summed E-state index contributed by atoms with van der Waals surface area (Å²) in [5.74, 6) is -1.35. The van der Waals surface area contributed by atoms with Crippen molar-refractivity contribution in [3.63, 3.8) is 0 Å². The molecule has 1 aromatic rings. The number of ether oxygens (including phenoxy) is 1. The van der Waals surface area contributed by atoms with E-state index in [0.29, 0.717) is 0 Å². The third-order valence-corrected chi connectivity index (χ3v) is 2.59. The Bertz CT molecular complexity index is 385. The molecule has 0 saturated carbocycles. The third-order valence-electron chi connectivity index (χ3n) is 2.01. The summed E-state index contributed by atoms with van der Waals surface area (Å²) in [7, 11) is 1.25. The Hall–Kier alpha value is -0.810. The number of rotatable bonds is 2. The van der Waals surface area contributed by atoms with E-state index in [1.165, 1.54) is 27.0 Å². The molecule has 0 radical (unpaired) electrons. The molecule has 3 nitrogen and oxygen atoms in total. The van der Waals surface area contributed by atoms with Crippen molar-refractivity contribution < 1.29 is 19.3 Å². The maximum Gasteiger partial charge on any atom is 0.198 e. The quantitative estimate of drug-likeness (QED) is 0.874. The molecule has 0 aliphatic heterocycles. The van der Waals surface area contributed by atoms with E-state index < -0.39 is 11.4 Å². The Morgan fingerprint density at radius 3 is 2.40 bits per heavy atom. The fraction of sp³-hybridized carbons (Fsp3) is 0.400. The van der Waals surface area contributed by atoms with Crippen molar-refractivity contribution >= 4 is 15.9 Å². The number of methoxy groups -OCH3 is 1. The van der Waals surface area contributed by atoms with E-state index in [0.717, 1.165) is 0 Å². The molecule has 0 atom stereocenters. The summed E-state index contributed by atoms with van der Waals surface area (Å²) in [6.07, 6.45) is 0. The smallest absolute Gasteiger partial charge is 0.198 e. The normalized spacial score (nSPS) is 11.6. The van der Waals surface area contributed by atoms with Crippen molar-refractivity contribution in [2.45, 2.75) is 19.4 Å². The van der Waals surface area contributed by atoms with Crippen LogP contribution in [-0.4, -0.2) is 17.3 Å². The summed E-state index contributed by atoms with van der Waals surface area (Å²) in [4.78, 5) is 0. The molecule has 5 heteroatoms. The average molecular weight is 279 g/mol. The Morgan fingerprint density at radius 1 is 1.47 bits per heavy atom. The van der Waals surface area contributed by atoms with Crippen LogP contribution in [0.1, 0.15) is 19.4 Å². The fourth-order valence-corrected chi connectivity index (χ4v) is 1.65. The predicted octanol–water partition coefficient (Wildman–Crippen LogP) is 2.53. The lowest BCUT2D eigenvalue weighted by Crippen LogP contribution is -2.16. The average Bonchev–Trinajstić information content (AvgIpc) is 2.10. The molecule has 0 saturated heterocycles. The molecule has 0 unspecified atom stereocenters. The van der Waals surface area contributed by atoms with E-state index >= 15 is 0 Å². The molecule has 0 aliphatic carbocycles. The topological polar surface area (TPSA) is 49.7 Å².